The Labute approximate surface area is 190 Å². The van der Waals surface area contributed by atoms with Gasteiger partial charge in [-0.3, -0.25) is 19.5 Å². The zero-order valence-corrected chi connectivity index (χ0v) is 19.1. The van der Waals surface area contributed by atoms with Crippen LogP contribution in [0.25, 0.3) is 11.1 Å². The van der Waals surface area contributed by atoms with Crippen LogP contribution in [0.1, 0.15) is 19.4 Å². The number of morpholine rings is 1. The third kappa shape index (κ3) is 5.16. The SMILES string of the molecule is CC1CN(CC(=O)N2CCN(C)C(=O)C2Cc2ccc(-c3cccnc3)cc2)CC(C)O1. The molecule has 0 saturated carbocycles. The van der Waals surface area contributed by atoms with Crippen molar-refractivity contribution in [1.82, 2.24) is 19.7 Å². The predicted octanol–water partition coefficient (Wildman–Crippen LogP) is 2.07. The molecule has 7 nitrogen and oxygen atoms in total. The van der Waals surface area contributed by atoms with E-state index < -0.39 is 6.04 Å². The summed E-state index contributed by atoms with van der Waals surface area (Å²) in [5.74, 6) is 0.0226. The number of hydrogen-bond acceptors (Lipinski definition) is 5. The minimum Gasteiger partial charge on any atom is -0.373 e. The third-order valence-electron chi connectivity index (χ3n) is 6.27. The Morgan fingerprint density at radius 2 is 1.78 bits per heavy atom. The first-order valence-corrected chi connectivity index (χ1v) is 11.3. The smallest absolute Gasteiger partial charge is 0.245 e. The molecule has 2 amide bonds. The van der Waals surface area contributed by atoms with E-state index in [0.717, 1.165) is 29.8 Å². The van der Waals surface area contributed by atoms with Crippen molar-refractivity contribution < 1.29 is 14.3 Å². The lowest BCUT2D eigenvalue weighted by atomic mass is 9.98. The number of aromatic nitrogens is 1. The number of hydrogen-bond donors (Lipinski definition) is 0. The van der Waals surface area contributed by atoms with Crippen molar-refractivity contribution in [3.63, 3.8) is 0 Å². The Bertz CT molecular complexity index is 924. The maximum atomic E-state index is 13.2. The zero-order chi connectivity index (χ0) is 22.7. The average molecular weight is 437 g/mol. The highest BCUT2D eigenvalue weighted by molar-refractivity contribution is 5.89. The summed E-state index contributed by atoms with van der Waals surface area (Å²) in [6.07, 6.45) is 4.32. The monoisotopic (exact) mass is 436 g/mol. The van der Waals surface area contributed by atoms with Crippen LogP contribution in [-0.2, 0) is 20.7 Å². The van der Waals surface area contributed by atoms with Crippen LogP contribution in [0.5, 0.6) is 0 Å². The van der Waals surface area contributed by atoms with Crippen LogP contribution < -0.4 is 0 Å². The molecule has 170 valence electrons. The number of benzene rings is 1. The number of amides is 2. The van der Waals surface area contributed by atoms with Crippen molar-refractivity contribution in [2.45, 2.75) is 38.5 Å². The molecule has 0 N–H and O–H groups in total. The molecule has 2 aliphatic heterocycles. The summed E-state index contributed by atoms with van der Waals surface area (Å²) in [7, 11) is 1.81. The fraction of sp³-hybridized carbons (Fsp3) is 0.480. The summed E-state index contributed by atoms with van der Waals surface area (Å²) >= 11 is 0. The van der Waals surface area contributed by atoms with Crippen LogP contribution in [0.4, 0.5) is 0 Å². The van der Waals surface area contributed by atoms with Crippen molar-refractivity contribution in [1.29, 1.82) is 0 Å². The van der Waals surface area contributed by atoms with Gasteiger partial charge >= 0.3 is 0 Å². The van der Waals surface area contributed by atoms with E-state index >= 15 is 0 Å². The molecule has 0 spiro atoms. The van der Waals surface area contributed by atoms with Crippen molar-refractivity contribution >= 4 is 11.8 Å². The quantitative estimate of drug-likeness (QED) is 0.718. The number of piperazine rings is 1. The molecule has 0 aliphatic carbocycles. The van der Waals surface area contributed by atoms with E-state index in [4.69, 9.17) is 4.74 Å². The minimum atomic E-state index is -0.471. The van der Waals surface area contributed by atoms with Gasteiger partial charge < -0.3 is 14.5 Å². The average Bonchev–Trinajstić information content (AvgIpc) is 2.77. The van der Waals surface area contributed by atoms with E-state index in [2.05, 4.69) is 9.88 Å². The summed E-state index contributed by atoms with van der Waals surface area (Å²) in [6, 6.07) is 11.6. The van der Waals surface area contributed by atoms with Crippen LogP contribution in [0, 0.1) is 0 Å². The van der Waals surface area contributed by atoms with E-state index in [0.29, 0.717) is 26.1 Å². The number of ether oxygens (including phenoxy) is 1. The molecule has 4 rings (SSSR count). The molecule has 2 aromatic rings. The Morgan fingerprint density at radius 1 is 1.06 bits per heavy atom. The normalized spacial score (nSPS) is 24.6. The molecule has 3 heterocycles. The van der Waals surface area contributed by atoms with Gasteiger partial charge in [-0.1, -0.05) is 30.3 Å². The van der Waals surface area contributed by atoms with E-state index in [1.807, 2.05) is 63.5 Å². The van der Waals surface area contributed by atoms with Crippen LogP contribution in [0.3, 0.4) is 0 Å². The van der Waals surface area contributed by atoms with E-state index in [9.17, 15) is 9.59 Å². The molecule has 32 heavy (non-hydrogen) atoms. The summed E-state index contributed by atoms with van der Waals surface area (Å²) < 4.78 is 5.78. The predicted molar refractivity (Wildman–Crippen MR) is 123 cm³/mol. The lowest BCUT2D eigenvalue weighted by molar-refractivity contribution is -0.152. The maximum Gasteiger partial charge on any atom is 0.245 e. The molecule has 1 aromatic heterocycles. The molecule has 0 radical (unpaired) electrons. The Morgan fingerprint density at radius 3 is 2.44 bits per heavy atom. The first-order valence-electron chi connectivity index (χ1n) is 11.3. The number of carbonyl (C=O) groups excluding carboxylic acids is 2. The minimum absolute atomic E-state index is 0.00431. The second-order valence-corrected chi connectivity index (χ2v) is 8.96. The summed E-state index contributed by atoms with van der Waals surface area (Å²) in [6.45, 7) is 6.99. The number of carbonyl (C=O) groups is 2. The summed E-state index contributed by atoms with van der Waals surface area (Å²) in [5, 5.41) is 0. The summed E-state index contributed by atoms with van der Waals surface area (Å²) in [5.41, 5.74) is 3.17. The van der Waals surface area contributed by atoms with Gasteiger partial charge in [0.25, 0.3) is 0 Å². The number of nitrogens with zero attached hydrogens (tertiary/aromatic N) is 4. The van der Waals surface area contributed by atoms with E-state index in [1.54, 1.807) is 16.0 Å². The first-order chi connectivity index (χ1) is 15.4. The van der Waals surface area contributed by atoms with Gasteiger partial charge in [-0.15, -0.1) is 0 Å². The maximum absolute atomic E-state index is 13.2. The molecule has 3 atom stereocenters. The van der Waals surface area contributed by atoms with Gasteiger partial charge in [0, 0.05) is 52.0 Å². The lowest BCUT2D eigenvalue weighted by Crippen LogP contribution is -2.60. The Balaban J connectivity index is 1.47. The number of likely N-dealkylation sites (N-methyl/N-ethyl adjacent to an activating group) is 1. The van der Waals surface area contributed by atoms with Gasteiger partial charge in [0.15, 0.2) is 0 Å². The first kappa shape index (κ1) is 22.4. The van der Waals surface area contributed by atoms with Gasteiger partial charge in [-0.2, -0.15) is 0 Å². The summed E-state index contributed by atoms with van der Waals surface area (Å²) in [4.78, 5) is 36.1. The lowest BCUT2D eigenvalue weighted by Gasteiger charge is -2.41. The zero-order valence-electron chi connectivity index (χ0n) is 19.1. The van der Waals surface area contributed by atoms with E-state index in [-0.39, 0.29) is 24.0 Å². The molecule has 1 aromatic carbocycles. The van der Waals surface area contributed by atoms with Gasteiger partial charge in [0.1, 0.15) is 6.04 Å². The van der Waals surface area contributed by atoms with Crippen LogP contribution in [0.15, 0.2) is 48.8 Å². The second kappa shape index (κ2) is 9.79. The standard InChI is InChI=1S/C25H32N4O3/c1-18-15-28(16-19(2)32-18)17-24(30)29-12-11-27(3)25(31)23(29)13-20-6-8-21(9-7-20)22-5-4-10-26-14-22/h4-10,14,18-19,23H,11-13,15-17H2,1-3H3. The molecular weight excluding hydrogens is 404 g/mol. The van der Waals surface area contributed by atoms with Crippen LogP contribution in [0.2, 0.25) is 0 Å². The molecule has 3 unspecified atom stereocenters. The van der Waals surface area contributed by atoms with Crippen molar-refractivity contribution in [2.75, 3.05) is 39.8 Å². The van der Waals surface area contributed by atoms with Crippen LogP contribution in [-0.4, -0.2) is 89.5 Å². The molecule has 2 saturated heterocycles. The van der Waals surface area contributed by atoms with Gasteiger partial charge in [-0.05, 0) is 36.6 Å². The largest absolute Gasteiger partial charge is 0.373 e. The fourth-order valence-electron chi connectivity index (χ4n) is 4.69. The highest BCUT2D eigenvalue weighted by Gasteiger charge is 2.37. The van der Waals surface area contributed by atoms with Gasteiger partial charge in [-0.25, -0.2) is 0 Å². The molecule has 2 fully saturated rings. The number of rotatable bonds is 5. The molecule has 0 bridgehead atoms. The highest BCUT2D eigenvalue weighted by Crippen LogP contribution is 2.22. The number of pyridine rings is 1. The fourth-order valence-corrected chi connectivity index (χ4v) is 4.69. The Kier molecular flexibility index (Phi) is 6.86. The van der Waals surface area contributed by atoms with Crippen LogP contribution >= 0.6 is 0 Å². The third-order valence-corrected chi connectivity index (χ3v) is 6.27. The van der Waals surface area contributed by atoms with Gasteiger partial charge in [0.05, 0.1) is 18.8 Å². The topological polar surface area (TPSA) is 66.0 Å². The second-order valence-electron chi connectivity index (χ2n) is 8.96. The molecule has 7 heteroatoms. The van der Waals surface area contributed by atoms with Crippen molar-refractivity contribution in [3.05, 3.63) is 54.4 Å². The van der Waals surface area contributed by atoms with Gasteiger partial charge in [0.2, 0.25) is 11.8 Å². The highest BCUT2D eigenvalue weighted by atomic mass is 16.5. The van der Waals surface area contributed by atoms with Crippen molar-refractivity contribution in [2.24, 2.45) is 0 Å². The van der Waals surface area contributed by atoms with E-state index in [1.165, 1.54) is 0 Å². The Hall–Kier alpha value is -2.77. The molecule has 2 aliphatic rings. The molecular formula is C25H32N4O3. The van der Waals surface area contributed by atoms with Crippen molar-refractivity contribution in [3.8, 4) is 11.1 Å².